The monoisotopic (exact) mass is 333 g/mol. The van der Waals surface area contributed by atoms with Crippen molar-refractivity contribution in [1.29, 1.82) is 0 Å². The van der Waals surface area contributed by atoms with Crippen LogP contribution in [0.2, 0.25) is 0 Å². The van der Waals surface area contributed by atoms with Gasteiger partial charge in [0.15, 0.2) is 11.4 Å². The number of amides is 2. The first-order chi connectivity index (χ1) is 10.3. The quantitative estimate of drug-likeness (QED) is 0.868. The SMILES string of the molecule is CCCC1(C(F)(F)F)CN(C)C(=O)N1c1cnc2scnn12. The summed E-state index contributed by atoms with van der Waals surface area (Å²) in [4.78, 5) is 18.8. The first-order valence-electron chi connectivity index (χ1n) is 6.71. The van der Waals surface area contributed by atoms with Gasteiger partial charge in [-0.25, -0.2) is 9.78 Å². The van der Waals surface area contributed by atoms with E-state index in [1.807, 2.05) is 0 Å². The highest BCUT2D eigenvalue weighted by Gasteiger charge is 2.65. The molecule has 2 aromatic heterocycles. The highest BCUT2D eigenvalue weighted by atomic mass is 32.1. The van der Waals surface area contributed by atoms with Gasteiger partial charge in [-0.1, -0.05) is 24.7 Å². The van der Waals surface area contributed by atoms with E-state index in [2.05, 4.69) is 10.1 Å². The maximum Gasteiger partial charge on any atom is 0.413 e. The van der Waals surface area contributed by atoms with Gasteiger partial charge in [-0.05, 0) is 6.42 Å². The lowest BCUT2D eigenvalue weighted by Gasteiger charge is -2.37. The normalized spacial score (nSPS) is 23.0. The van der Waals surface area contributed by atoms with Crippen LogP contribution in [0.25, 0.3) is 4.96 Å². The number of urea groups is 1. The highest BCUT2D eigenvalue weighted by Crippen LogP contribution is 2.46. The zero-order valence-corrected chi connectivity index (χ0v) is 12.8. The third kappa shape index (κ3) is 1.89. The number of fused-ring (bicyclic) bond motifs is 1. The van der Waals surface area contributed by atoms with Crippen LogP contribution in [0, 0.1) is 0 Å². The lowest BCUT2D eigenvalue weighted by Crippen LogP contribution is -2.58. The van der Waals surface area contributed by atoms with Crippen molar-refractivity contribution >= 4 is 28.1 Å². The summed E-state index contributed by atoms with van der Waals surface area (Å²) >= 11 is 1.20. The number of anilines is 1. The van der Waals surface area contributed by atoms with Gasteiger partial charge in [0.25, 0.3) is 0 Å². The van der Waals surface area contributed by atoms with Crippen molar-refractivity contribution in [3.63, 3.8) is 0 Å². The van der Waals surface area contributed by atoms with Crippen molar-refractivity contribution in [2.75, 3.05) is 18.5 Å². The van der Waals surface area contributed by atoms with Crippen molar-refractivity contribution in [3.05, 3.63) is 11.7 Å². The van der Waals surface area contributed by atoms with Gasteiger partial charge in [-0.15, -0.1) is 0 Å². The Morgan fingerprint density at radius 3 is 2.82 bits per heavy atom. The number of likely N-dealkylation sites (N-methyl/N-ethyl adjacent to an activating group) is 1. The molecule has 0 spiro atoms. The Kier molecular flexibility index (Phi) is 3.31. The molecule has 0 bridgehead atoms. The van der Waals surface area contributed by atoms with Crippen LogP contribution in [0.5, 0.6) is 0 Å². The second kappa shape index (κ2) is 4.83. The molecule has 1 aliphatic rings. The average Bonchev–Trinajstić information content (AvgIpc) is 3.06. The second-order valence-electron chi connectivity index (χ2n) is 5.30. The van der Waals surface area contributed by atoms with Gasteiger partial charge in [0.1, 0.15) is 5.51 Å². The first-order valence-corrected chi connectivity index (χ1v) is 7.59. The Morgan fingerprint density at radius 1 is 1.45 bits per heavy atom. The largest absolute Gasteiger partial charge is 0.413 e. The van der Waals surface area contributed by atoms with Crippen LogP contribution in [-0.2, 0) is 0 Å². The molecule has 0 aliphatic carbocycles. The molecular formula is C12H14F3N5OS. The molecule has 2 aromatic rings. The average molecular weight is 333 g/mol. The number of imidazole rings is 1. The maximum atomic E-state index is 13.8. The summed E-state index contributed by atoms with van der Waals surface area (Å²) in [6.07, 6.45) is -3.16. The lowest BCUT2D eigenvalue weighted by atomic mass is 9.92. The molecule has 0 saturated carbocycles. The highest BCUT2D eigenvalue weighted by molar-refractivity contribution is 7.14. The molecule has 22 heavy (non-hydrogen) atoms. The Labute approximate surface area is 128 Å². The van der Waals surface area contributed by atoms with Crippen LogP contribution in [0.3, 0.4) is 0 Å². The Balaban J connectivity index is 2.20. The van der Waals surface area contributed by atoms with Crippen molar-refractivity contribution in [2.45, 2.75) is 31.5 Å². The third-order valence-corrected chi connectivity index (χ3v) is 4.56. The minimum atomic E-state index is -4.55. The van der Waals surface area contributed by atoms with Crippen LogP contribution in [-0.4, -0.2) is 50.8 Å². The van der Waals surface area contributed by atoms with E-state index in [0.29, 0.717) is 11.4 Å². The van der Waals surface area contributed by atoms with Crippen molar-refractivity contribution < 1.29 is 18.0 Å². The molecule has 1 unspecified atom stereocenters. The van der Waals surface area contributed by atoms with E-state index >= 15 is 0 Å². The van der Waals surface area contributed by atoms with Crippen molar-refractivity contribution in [1.82, 2.24) is 19.5 Å². The minimum absolute atomic E-state index is 0.0522. The topological polar surface area (TPSA) is 53.7 Å². The van der Waals surface area contributed by atoms with Gasteiger partial charge in [-0.2, -0.15) is 22.8 Å². The van der Waals surface area contributed by atoms with Crippen LogP contribution in [0.1, 0.15) is 19.8 Å². The summed E-state index contributed by atoms with van der Waals surface area (Å²) in [5, 5.41) is 3.98. The lowest BCUT2D eigenvalue weighted by molar-refractivity contribution is -0.184. The number of alkyl halides is 3. The Bertz CT molecular complexity index is 711. The predicted molar refractivity (Wildman–Crippen MR) is 75.1 cm³/mol. The van der Waals surface area contributed by atoms with Crippen molar-refractivity contribution in [3.8, 4) is 0 Å². The molecule has 1 fully saturated rings. The number of carbonyl (C=O) groups excluding carboxylic acids is 1. The molecule has 0 N–H and O–H groups in total. The predicted octanol–water partition coefficient (Wildman–Crippen LogP) is 2.76. The molecule has 2 amide bonds. The Hall–Kier alpha value is -1.84. The van der Waals surface area contributed by atoms with Crippen molar-refractivity contribution in [2.24, 2.45) is 0 Å². The standard InChI is InChI=1S/C12H14F3N5OS/c1-3-4-11(12(13,14)15)6-18(2)10(21)19(11)8-5-16-9-20(8)17-7-22-9/h5,7H,3-4,6H2,1-2H3. The molecule has 0 radical (unpaired) electrons. The van der Waals surface area contributed by atoms with E-state index in [1.165, 1.54) is 34.6 Å². The van der Waals surface area contributed by atoms with Crippen LogP contribution in [0.15, 0.2) is 11.7 Å². The minimum Gasteiger partial charge on any atom is -0.325 e. The summed E-state index contributed by atoms with van der Waals surface area (Å²) in [6, 6.07) is -0.694. The summed E-state index contributed by atoms with van der Waals surface area (Å²) in [6.45, 7) is 1.27. The van der Waals surface area contributed by atoms with Gasteiger partial charge < -0.3 is 4.90 Å². The number of carbonyl (C=O) groups is 1. The number of aromatic nitrogens is 3. The second-order valence-corrected chi connectivity index (χ2v) is 6.11. The number of nitrogens with zero attached hydrogens (tertiary/aromatic N) is 5. The van der Waals surface area contributed by atoms with Gasteiger partial charge in [-0.3, -0.25) is 4.90 Å². The molecule has 1 aliphatic heterocycles. The fraction of sp³-hybridized carbons (Fsp3) is 0.583. The molecular weight excluding hydrogens is 319 g/mol. The van der Waals surface area contributed by atoms with Gasteiger partial charge in [0, 0.05) is 7.05 Å². The van der Waals surface area contributed by atoms with Crippen LogP contribution in [0.4, 0.5) is 23.8 Å². The van der Waals surface area contributed by atoms with E-state index in [0.717, 1.165) is 9.80 Å². The van der Waals surface area contributed by atoms with Gasteiger partial charge >= 0.3 is 12.2 Å². The summed E-state index contributed by atoms with van der Waals surface area (Å²) in [7, 11) is 1.37. The molecule has 3 rings (SSSR count). The smallest absolute Gasteiger partial charge is 0.325 e. The van der Waals surface area contributed by atoms with Gasteiger partial charge in [0.05, 0.1) is 12.7 Å². The van der Waals surface area contributed by atoms with Crippen LogP contribution >= 0.6 is 11.3 Å². The zero-order valence-electron chi connectivity index (χ0n) is 12.0. The zero-order chi connectivity index (χ0) is 16.1. The van der Waals surface area contributed by atoms with E-state index in [4.69, 9.17) is 0 Å². The number of hydrogen-bond donors (Lipinski definition) is 0. The summed E-state index contributed by atoms with van der Waals surface area (Å²) in [5.41, 5.74) is -0.779. The van der Waals surface area contributed by atoms with Crippen LogP contribution < -0.4 is 4.90 Å². The van der Waals surface area contributed by atoms with Gasteiger partial charge in [0.2, 0.25) is 4.96 Å². The number of rotatable bonds is 3. The Morgan fingerprint density at radius 2 is 2.18 bits per heavy atom. The number of halogens is 3. The van der Waals surface area contributed by atoms with E-state index in [1.54, 1.807) is 6.92 Å². The molecule has 0 aromatic carbocycles. The number of hydrogen-bond acceptors (Lipinski definition) is 4. The molecule has 120 valence electrons. The maximum absolute atomic E-state index is 13.8. The fourth-order valence-electron chi connectivity index (χ4n) is 2.94. The molecule has 1 saturated heterocycles. The van der Waals surface area contributed by atoms with E-state index in [9.17, 15) is 18.0 Å². The molecule has 3 heterocycles. The third-order valence-electron chi connectivity index (χ3n) is 3.87. The van der Waals surface area contributed by atoms with E-state index < -0.39 is 24.3 Å². The van der Waals surface area contributed by atoms with E-state index in [-0.39, 0.29) is 12.2 Å². The molecule has 6 nitrogen and oxygen atoms in total. The summed E-state index contributed by atoms with van der Waals surface area (Å²) < 4.78 is 42.8. The first kappa shape index (κ1) is 15.1. The summed E-state index contributed by atoms with van der Waals surface area (Å²) in [5.74, 6) is 0.0522. The fourth-order valence-corrected chi connectivity index (χ4v) is 3.53. The molecule has 10 heteroatoms. The molecule has 1 atom stereocenters.